The van der Waals surface area contributed by atoms with Gasteiger partial charge >= 0.3 is 0 Å². The van der Waals surface area contributed by atoms with E-state index in [1.54, 1.807) is 48.1 Å². The van der Waals surface area contributed by atoms with Crippen molar-refractivity contribution in [2.75, 3.05) is 4.72 Å². The van der Waals surface area contributed by atoms with E-state index in [9.17, 15) is 8.42 Å². The molecule has 7 heteroatoms. The Bertz CT molecular complexity index is 814. The van der Waals surface area contributed by atoms with Crippen LogP contribution in [0.3, 0.4) is 0 Å². The van der Waals surface area contributed by atoms with Crippen molar-refractivity contribution in [1.29, 1.82) is 0 Å². The van der Waals surface area contributed by atoms with E-state index in [1.807, 2.05) is 0 Å². The predicted octanol–water partition coefficient (Wildman–Crippen LogP) is 2.49. The number of nitrogens with zero attached hydrogens (tertiary/aromatic N) is 2. The Morgan fingerprint density at radius 3 is 2.58 bits per heavy atom. The fourth-order valence-electron chi connectivity index (χ4n) is 1.65. The lowest BCUT2D eigenvalue weighted by molar-refractivity contribution is 0.603. The van der Waals surface area contributed by atoms with Gasteiger partial charge < -0.3 is 0 Å². The number of aromatic nitrogens is 2. The summed E-state index contributed by atoms with van der Waals surface area (Å²) in [5.74, 6) is 0. The molecule has 3 rings (SSSR count). The van der Waals surface area contributed by atoms with E-state index in [4.69, 9.17) is 0 Å². The Balaban J connectivity index is 1.98. The molecule has 1 N–H and O–H groups in total. The van der Waals surface area contributed by atoms with Gasteiger partial charge in [0.05, 0.1) is 16.7 Å². The van der Waals surface area contributed by atoms with Crippen molar-refractivity contribution in [2.24, 2.45) is 0 Å². The van der Waals surface area contributed by atoms with E-state index in [0.717, 1.165) is 5.52 Å². The minimum atomic E-state index is -3.52. The van der Waals surface area contributed by atoms with Crippen molar-refractivity contribution in [3.63, 3.8) is 0 Å². The Labute approximate surface area is 114 Å². The van der Waals surface area contributed by atoms with Crippen molar-refractivity contribution < 1.29 is 8.42 Å². The average Bonchev–Trinajstić information content (AvgIpc) is 2.93. The van der Waals surface area contributed by atoms with Gasteiger partial charge in [-0.3, -0.25) is 14.7 Å². The SMILES string of the molecule is O=S(=O)(Nc1ccc2nccnc2c1)c1cccs1. The molecule has 0 unspecified atom stereocenters. The second-order valence-electron chi connectivity index (χ2n) is 3.80. The highest BCUT2D eigenvalue weighted by Gasteiger charge is 2.15. The molecule has 1 aromatic carbocycles. The van der Waals surface area contributed by atoms with E-state index in [0.29, 0.717) is 11.2 Å². The molecule has 0 saturated heterocycles. The van der Waals surface area contributed by atoms with Gasteiger partial charge in [0.2, 0.25) is 0 Å². The summed E-state index contributed by atoms with van der Waals surface area (Å²) in [6, 6.07) is 8.32. The molecular formula is C12H9N3O2S2. The van der Waals surface area contributed by atoms with Crippen LogP contribution in [0.5, 0.6) is 0 Å². The summed E-state index contributed by atoms with van der Waals surface area (Å²) in [4.78, 5) is 8.27. The number of thiophene rings is 1. The third-order valence-electron chi connectivity index (χ3n) is 2.48. The van der Waals surface area contributed by atoms with E-state index >= 15 is 0 Å². The summed E-state index contributed by atoms with van der Waals surface area (Å²) in [5, 5.41) is 1.72. The van der Waals surface area contributed by atoms with Crippen LogP contribution in [0.2, 0.25) is 0 Å². The highest BCUT2D eigenvalue weighted by atomic mass is 32.2. The molecule has 0 atom stereocenters. The first-order valence-corrected chi connectivity index (χ1v) is 7.78. The highest BCUT2D eigenvalue weighted by Crippen LogP contribution is 2.21. The van der Waals surface area contributed by atoms with E-state index in [2.05, 4.69) is 14.7 Å². The predicted molar refractivity (Wildman–Crippen MR) is 74.7 cm³/mol. The smallest absolute Gasteiger partial charge is 0.271 e. The molecular weight excluding hydrogens is 282 g/mol. The molecule has 0 radical (unpaired) electrons. The van der Waals surface area contributed by atoms with Crippen LogP contribution in [0.1, 0.15) is 0 Å². The maximum atomic E-state index is 12.1. The van der Waals surface area contributed by atoms with Crippen LogP contribution in [0.25, 0.3) is 11.0 Å². The number of benzene rings is 1. The molecule has 96 valence electrons. The number of sulfonamides is 1. The van der Waals surface area contributed by atoms with Crippen LogP contribution < -0.4 is 4.72 Å². The van der Waals surface area contributed by atoms with Crippen LogP contribution in [0.15, 0.2) is 52.3 Å². The van der Waals surface area contributed by atoms with Crippen LogP contribution in [0.4, 0.5) is 5.69 Å². The zero-order valence-electron chi connectivity index (χ0n) is 9.65. The Morgan fingerprint density at radius 2 is 1.84 bits per heavy atom. The zero-order valence-corrected chi connectivity index (χ0v) is 11.3. The standard InChI is InChI=1S/C12H9N3O2S2/c16-19(17,12-2-1-7-18-12)15-9-3-4-10-11(8-9)14-6-5-13-10/h1-8,15H. The minimum Gasteiger partial charge on any atom is -0.279 e. The largest absolute Gasteiger partial charge is 0.279 e. The van der Waals surface area contributed by atoms with Crippen LogP contribution in [-0.2, 0) is 10.0 Å². The Kier molecular flexibility index (Phi) is 2.92. The summed E-state index contributed by atoms with van der Waals surface area (Å²) >= 11 is 1.17. The lowest BCUT2D eigenvalue weighted by atomic mass is 10.3. The summed E-state index contributed by atoms with van der Waals surface area (Å²) in [5.41, 5.74) is 1.84. The zero-order chi connectivity index (χ0) is 13.3. The van der Waals surface area contributed by atoms with E-state index in [1.165, 1.54) is 11.3 Å². The quantitative estimate of drug-likeness (QED) is 0.804. The third kappa shape index (κ3) is 2.42. The number of hydrogen-bond donors (Lipinski definition) is 1. The monoisotopic (exact) mass is 291 g/mol. The lowest BCUT2D eigenvalue weighted by Gasteiger charge is -2.06. The number of hydrogen-bond acceptors (Lipinski definition) is 5. The van der Waals surface area contributed by atoms with Crippen LogP contribution in [0, 0.1) is 0 Å². The molecule has 0 saturated carbocycles. The molecule has 2 aromatic heterocycles. The third-order valence-corrected chi connectivity index (χ3v) is 5.26. The highest BCUT2D eigenvalue weighted by molar-refractivity contribution is 7.94. The van der Waals surface area contributed by atoms with Gasteiger partial charge in [0.1, 0.15) is 4.21 Å². The summed E-state index contributed by atoms with van der Waals surface area (Å²) < 4.78 is 26.9. The van der Waals surface area contributed by atoms with Crippen molar-refractivity contribution in [1.82, 2.24) is 9.97 Å². The molecule has 0 aliphatic rings. The van der Waals surface area contributed by atoms with Crippen molar-refractivity contribution in [3.8, 4) is 0 Å². The first-order valence-electron chi connectivity index (χ1n) is 5.42. The van der Waals surface area contributed by atoms with Crippen molar-refractivity contribution in [3.05, 3.63) is 48.1 Å². The fraction of sp³-hybridized carbons (Fsp3) is 0. The molecule has 0 fully saturated rings. The van der Waals surface area contributed by atoms with Crippen molar-refractivity contribution >= 4 is 38.1 Å². The minimum absolute atomic E-state index is 0.284. The van der Waals surface area contributed by atoms with Gasteiger partial charge in [-0.15, -0.1) is 11.3 Å². The number of fused-ring (bicyclic) bond motifs is 1. The van der Waals surface area contributed by atoms with Crippen LogP contribution >= 0.6 is 11.3 Å². The molecule has 3 aromatic rings. The van der Waals surface area contributed by atoms with E-state index in [-0.39, 0.29) is 4.21 Å². The molecule has 0 spiro atoms. The van der Waals surface area contributed by atoms with Gasteiger partial charge in [-0.05, 0) is 29.6 Å². The summed E-state index contributed by atoms with van der Waals surface area (Å²) in [6.07, 6.45) is 3.16. The maximum absolute atomic E-state index is 12.1. The van der Waals surface area contributed by atoms with E-state index < -0.39 is 10.0 Å². The van der Waals surface area contributed by atoms with Gasteiger partial charge in [0.15, 0.2) is 0 Å². The molecule has 0 amide bonds. The Hall–Kier alpha value is -1.99. The molecule has 5 nitrogen and oxygen atoms in total. The second-order valence-corrected chi connectivity index (χ2v) is 6.65. The van der Waals surface area contributed by atoms with Crippen LogP contribution in [-0.4, -0.2) is 18.4 Å². The van der Waals surface area contributed by atoms with Gasteiger partial charge in [0, 0.05) is 12.4 Å². The molecule has 0 aliphatic carbocycles. The lowest BCUT2D eigenvalue weighted by Crippen LogP contribution is -2.11. The van der Waals surface area contributed by atoms with Gasteiger partial charge in [-0.2, -0.15) is 0 Å². The first kappa shape index (κ1) is 12.1. The molecule has 0 bridgehead atoms. The molecule has 0 aliphatic heterocycles. The first-order chi connectivity index (χ1) is 9.15. The fourth-order valence-corrected chi connectivity index (χ4v) is 3.69. The van der Waals surface area contributed by atoms with Crippen molar-refractivity contribution in [2.45, 2.75) is 4.21 Å². The number of rotatable bonds is 3. The average molecular weight is 291 g/mol. The topological polar surface area (TPSA) is 72.0 Å². The molecule has 19 heavy (non-hydrogen) atoms. The number of anilines is 1. The normalized spacial score (nSPS) is 11.6. The second kappa shape index (κ2) is 4.60. The Morgan fingerprint density at radius 1 is 1.05 bits per heavy atom. The number of nitrogens with one attached hydrogen (secondary N) is 1. The molecule has 2 heterocycles. The summed E-state index contributed by atoms with van der Waals surface area (Å²) in [7, 11) is -3.52. The maximum Gasteiger partial charge on any atom is 0.271 e. The van der Waals surface area contributed by atoms with Gasteiger partial charge in [0.25, 0.3) is 10.0 Å². The van der Waals surface area contributed by atoms with Gasteiger partial charge in [-0.25, -0.2) is 8.42 Å². The van der Waals surface area contributed by atoms with Gasteiger partial charge in [-0.1, -0.05) is 6.07 Å². The summed E-state index contributed by atoms with van der Waals surface area (Å²) in [6.45, 7) is 0.